The number of carbonyl (C=O) groups is 1. The summed E-state index contributed by atoms with van der Waals surface area (Å²) in [7, 11) is 0.417. The Bertz CT molecular complexity index is 1140. The van der Waals surface area contributed by atoms with Crippen LogP contribution in [0.2, 0.25) is 5.02 Å². The first-order valence-corrected chi connectivity index (χ1v) is 11.1. The fourth-order valence-electron chi connectivity index (χ4n) is 2.47. The molecule has 0 unspecified atom stereocenters. The van der Waals surface area contributed by atoms with E-state index in [0.29, 0.717) is 15.8 Å². The largest absolute Gasteiger partial charge is 0.495 e. The van der Waals surface area contributed by atoms with Crippen molar-refractivity contribution in [3.05, 3.63) is 58.4 Å². The Kier molecular flexibility index (Phi) is 6.23. The lowest BCUT2D eigenvalue weighted by Crippen LogP contribution is -2.23. The summed E-state index contributed by atoms with van der Waals surface area (Å²) < 4.78 is 31.2. The number of amides is 1. The second kappa shape index (κ2) is 8.50. The topological polar surface area (TPSA) is 88.6 Å². The van der Waals surface area contributed by atoms with Gasteiger partial charge in [0.2, 0.25) is 10.0 Å². The molecule has 3 rings (SSSR count). The number of methoxy groups -OCH3 is 1. The minimum Gasteiger partial charge on any atom is -0.495 e. The zero-order valence-corrected chi connectivity index (χ0v) is 18.2. The standard InChI is InChI=1S/C19H18ClN3O4S2/c1-23(2)29(25,26)17-10-13(6-9-16(17)27-3)18(24)22-19-21-15(11-28-19)12-4-7-14(20)8-5-12/h4-11H,1-3H3,(H,21,22,24). The molecule has 0 aliphatic rings. The van der Waals surface area contributed by atoms with Gasteiger partial charge in [0.15, 0.2) is 5.13 Å². The Morgan fingerprint density at radius 3 is 2.48 bits per heavy atom. The molecule has 0 saturated heterocycles. The van der Waals surface area contributed by atoms with Gasteiger partial charge in [-0.3, -0.25) is 10.1 Å². The van der Waals surface area contributed by atoms with Gasteiger partial charge in [0.25, 0.3) is 5.91 Å². The first-order chi connectivity index (χ1) is 13.7. The molecule has 1 heterocycles. The summed E-state index contributed by atoms with van der Waals surface area (Å²) in [6.07, 6.45) is 0. The van der Waals surface area contributed by atoms with Gasteiger partial charge in [0, 0.05) is 35.6 Å². The van der Waals surface area contributed by atoms with Crippen LogP contribution in [0.15, 0.2) is 52.7 Å². The second-order valence-corrected chi connectivity index (χ2v) is 9.57. The number of aromatic nitrogens is 1. The molecule has 2 aromatic carbocycles. The second-order valence-electron chi connectivity index (χ2n) is 6.15. The molecule has 1 amide bonds. The van der Waals surface area contributed by atoms with Crippen molar-refractivity contribution in [2.24, 2.45) is 0 Å². The van der Waals surface area contributed by atoms with E-state index in [-0.39, 0.29) is 16.2 Å². The zero-order chi connectivity index (χ0) is 21.2. The van der Waals surface area contributed by atoms with E-state index in [9.17, 15) is 13.2 Å². The van der Waals surface area contributed by atoms with E-state index < -0.39 is 15.9 Å². The van der Waals surface area contributed by atoms with Crippen molar-refractivity contribution in [1.82, 2.24) is 9.29 Å². The highest BCUT2D eigenvalue weighted by Gasteiger charge is 2.24. The van der Waals surface area contributed by atoms with Gasteiger partial charge >= 0.3 is 0 Å². The van der Waals surface area contributed by atoms with Gasteiger partial charge < -0.3 is 4.74 Å². The normalized spacial score (nSPS) is 11.5. The highest BCUT2D eigenvalue weighted by molar-refractivity contribution is 7.89. The van der Waals surface area contributed by atoms with E-state index >= 15 is 0 Å². The predicted molar refractivity (Wildman–Crippen MR) is 114 cm³/mol. The molecule has 3 aromatic rings. The molecule has 7 nitrogen and oxygen atoms in total. The van der Waals surface area contributed by atoms with E-state index in [1.807, 2.05) is 17.5 Å². The average molecular weight is 452 g/mol. The Hall–Kier alpha value is -2.46. The number of benzene rings is 2. The molecule has 0 aliphatic carbocycles. The minimum atomic E-state index is -3.78. The van der Waals surface area contributed by atoms with Crippen molar-refractivity contribution in [3.8, 4) is 17.0 Å². The van der Waals surface area contributed by atoms with Crippen molar-refractivity contribution in [1.29, 1.82) is 0 Å². The zero-order valence-electron chi connectivity index (χ0n) is 15.8. The molecular formula is C19H18ClN3O4S2. The molecule has 0 atom stereocenters. The van der Waals surface area contributed by atoms with E-state index in [1.165, 1.54) is 50.7 Å². The molecular weight excluding hydrogens is 434 g/mol. The lowest BCUT2D eigenvalue weighted by molar-refractivity contribution is 0.102. The van der Waals surface area contributed by atoms with Crippen LogP contribution in [-0.2, 0) is 10.0 Å². The third kappa shape index (κ3) is 4.59. The minimum absolute atomic E-state index is 0.0846. The van der Waals surface area contributed by atoms with E-state index in [1.54, 1.807) is 12.1 Å². The number of rotatable bonds is 6. The fourth-order valence-corrected chi connectivity index (χ4v) is 4.39. The lowest BCUT2D eigenvalue weighted by Gasteiger charge is -2.15. The number of halogens is 1. The number of carbonyl (C=O) groups excluding carboxylic acids is 1. The maximum absolute atomic E-state index is 12.6. The van der Waals surface area contributed by atoms with Crippen LogP contribution in [0.25, 0.3) is 11.3 Å². The Labute approximate surface area is 178 Å². The third-order valence-corrected chi connectivity index (χ3v) is 6.90. The maximum Gasteiger partial charge on any atom is 0.257 e. The van der Waals surface area contributed by atoms with E-state index in [0.717, 1.165) is 9.87 Å². The summed E-state index contributed by atoms with van der Waals surface area (Å²) in [5.41, 5.74) is 1.75. The average Bonchev–Trinajstić information content (AvgIpc) is 3.16. The Balaban J connectivity index is 1.85. The number of hydrogen-bond donors (Lipinski definition) is 1. The van der Waals surface area contributed by atoms with E-state index in [2.05, 4.69) is 10.3 Å². The molecule has 0 spiro atoms. The van der Waals surface area contributed by atoms with Gasteiger partial charge in [-0.1, -0.05) is 23.7 Å². The number of ether oxygens (including phenoxy) is 1. The first-order valence-electron chi connectivity index (χ1n) is 8.36. The maximum atomic E-state index is 12.6. The van der Waals surface area contributed by atoms with Crippen molar-refractivity contribution < 1.29 is 17.9 Å². The highest BCUT2D eigenvalue weighted by atomic mass is 35.5. The number of thiazole rings is 1. The van der Waals surface area contributed by atoms with Crippen molar-refractivity contribution in [3.63, 3.8) is 0 Å². The third-order valence-electron chi connectivity index (χ3n) is 4.05. The molecule has 29 heavy (non-hydrogen) atoms. The first kappa shape index (κ1) is 21.3. The smallest absolute Gasteiger partial charge is 0.257 e. The molecule has 0 aliphatic heterocycles. The van der Waals surface area contributed by atoms with Crippen LogP contribution < -0.4 is 10.1 Å². The molecule has 0 bridgehead atoms. The summed E-state index contributed by atoms with van der Waals surface area (Å²) in [4.78, 5) is 17.0. The summed E-state index contributed by atoms with van der Waals surface area (Å²) in [5.74, 6) is -0.311. The van der Waals surface area contributed by atoms with Crippen molar-refractivity contribution in [2.45, 2.75) is 4.90 Å². The molecule has 0 saturated carbocycles. The van der Waals surface area contributed by atoms with E-state index in [4.69, 9.17) is 16.3 Å². The van der Waals surface area contributed by atoms with Gasteiger partial charge in [-0.2, -0.15) is 0 Å². The van der Waals surface area contributed by atoms with Crippen LogP contribution in [-0.4, -0.2) is 44.8 Å². The number of hydrogen-bond acceptors (Lipinski definition) is 6. The monoisotopic (exact) mass is 451 g/mol. The SMILES string of the molecule is COc1ccc(C(=O)Nc2nc(-c3ccc(Cl)cc3)cs2)cc1S(=O)(=O)N(C)C. The van der Waals surface area contributed by atoms with Crippen LogP contribution in [0.4, 0.5) is 5.13 Å². The van der Waals surface area contributed by atoms with Gasteiger partial charge in [-0.25, -0.2) is 17.7 Å². The molecule has 0 radical (unpaired) electrons. The summed E-state index contributed by atoms with van der Waals surface area (Å²) >= 11 is 7.16. The van der Waals surface area contributed by atoms with Crippen LogP contribution in [0.3, 0.4) is 0 Å². The summed E-state index contributed by atoms with van der Waals surface area (Å²) in [6.45, 7) is 0. The number of sulfonamides is 1. The lowest BCUT2D eigenvalue weighted by atomic mass is 10.2. The van der Waals surface area contributed by atoms with Gasteiger partial charge in [0.1, 0.15) is 10.6 Å². The summed E-state index contributed by atoms with van der Waals surface area (Å²) in [6, 6.07) is 11.4. The van der Waals surface area contributed by atoms with Gasteiger partial charge in [0.05, 0.1) is 12.8 Å². The van der Waals surface area contributed by atoms with Crippen LogP contribution in [0, 0.1) is 0 Å². The van der Waals surface area contributed by atoms with Gasteiger partial charge in [-0.05, 0) is 30.3 Å². The number of anilines is 1. The van der Waals surface area contributed by atoms with Crippen LogP contribution >= 0.6 is 22.9 Å². The van der Waals surface area contributed by atoms with Crippen molar-refractivity contribution in [2.75, 3.05) is 26.5 Å². The molecule has 0 fully saturated rings. The quantitative estimate of drug-likeness (QED) is 0.612. The molecule has 10 heteroatoms. The molecule has 1 N–H and O–H groups in total. The number of nitrogens with one attached hydrogen (secondary N) is 1. The van der Waals surface area contributed by atoms with Crippen LogP contribution in [0.5, 0.6) is 5.75 Å². The molecule has 1 aromatic heterocycles. The van der Waals surface area contributed by atoms with Crippen LogP contribution in [0.1, 0.15) is 10.4 Å². The predicted octanol–water partition coefficient (Wildman–Crippen LogP) is 3.97. The number of nitrogens with zero attached hydrogens (tertiary/aromatic N) is 2. The van der Waals surface area contributed by atoms with Gasteiger partial charge in [-0.15, -0.1) is 11.3 Å². The molecule has 152 valence electrons. The summed E-state index contributed by atoms with van der Waals surface area (Å²) in [5, 5.41) is 5.53. The van der Waals surface area contributed by atoms with Crippen molar-refractivity contribution >= 4 is 44.0 Å². The Morgan fingerprint density at radius 2 is 1.86 bits per heavy atom. The Morgan fingerprint density at radius 1 is 1.17 bits per heavy atom. The highest BCUT2D eigenvalue weighted by Crippen LogP contribution is 2.29. The fraction of sp³-hybridized carbons (Fsp3) is 0.158.